The molecule has 0 saturated heterocycles. The topological polar surface area (TPSA) is 41.1 Å². The maximum atomic E-state index is 12.0. The van der Waals surface area contributed by atoms with Gasteiger partial charge in [-0.15, -0.1) is 0 Å². The number of hydrogen-bond acceptors (Lipinski definition) is 1. The van der Waals surface area contributed by atoms with Gasteiger partial charge in [-0.25, -0.2) is 4.79 Å². The molecule has 0 spiro atoms. The van der Waals surface area contributed by atoms with Gasteiger partial charge >= 0.3 is 6.03 Å². The van der Waals surface area contributed by atoms with E-state index in [0.717, 1.165) is 23.2 Å². The Morgan fingerprint density at radius 2 is 1.81 bits per heavy atom. The number of rotatable bonds is 4. The molecule has 3 nitrogen and oxygen atoms in total. The Morgan fingerprint density at radius 1 is 1.05 bits per heavy atom. The van der Waals surface area contributed by atoms with Crippen LogP contribution in [0.25, 0.3) is 0 Å². The highest BCUT2D eigenvalue weighted by Crippen LogP contribution is 2.15. The van der Waals surface area contributed by atoms with Crippen LogP contribution in [0.4, 0.5) is 10.5 Å². The predicted molar refractivity (Wildman–Crippen MR) is 87.6 cm³/mol. The van der Waals surface area contributed by atoms with Crippen molar-refractivity contribution in [2.45, 2.75) is 33.7 Å². The lowest BCUT2D eigenvalue weighted by molar-refractivity contribution is 0.251. The standard InChI is InChI=1S/C18H22N2O/c1-4-16-7-5-6-8-17(16)20-18(21)19-12-15-10-9-13(2)14(3)11-15/h5-11H,4,12H2,1-3H3,(H2,19,20,21). The number of amides is 2. The number of aryl methyl sites for hydroxylation is 3. The van der Waals surface area contributed by atoms with E-state index in [-0.39, 0.29) is 6.03 Å². The Hall–Kier alpha value is -2.29. The van der Waals surface area contributed by atoms with Crippen LogP contribution in [0.5, 0.6) is 0 Å². The van der Waals surface area contributed by atoms with Crippen molar-refractivity contribution < 1.29 is 4.79 Å². The van der Waals surface area contributed by atoms with Crippen LogP contribution in [0.15, 0.2) is 42.5 Å². The summed E-state index contributed by atoms with van der Waals surface area (Å²) < 4.78 is 0. The zero-order valence-corrected chi connectivity index (χ0v) is 12.9. The fraction of sp³-hybridized carbons (Fsp3) is 0.278. The minimum absolute atomic E-state index is 0.172. The van der Waals surface area contributed by atoms with Crippen molar-refractivity contribution >= 4 is 11.7 Å². The first kappa shape index (κ1) is 15.1. The summed E-state index contributed by atoms with van der Waals surface area (Å²) >= 11 is 0. The minimum atomic E-state index is -0.172. The third kappa shape index (κ3) is 4.09. The van der Waals surface area contributed by atoms with Gasteiger partial charge in [-0.3, -0.25) is 0 Å². The van der Waals surface area contributed by atoms with E-state index in [9.17, 15) is 4.79 Å². The number of para-hydroxylation sites is 1. The number of benzene rings is 2. The number of hydrogen-bond donors (Lipinski definition) is 2. The van der Waals surface area contributed by atoms with Crippen molar-refractivity contribution in [2.24, 2.45) is 0 Å². The zero-order chi connectivity index (χ0) is 15.2. The van der Waals surface area contributed by atoms with Crippen molar-refractivity contribution in [3.05, 3.63) is 64.7 Å². The van der Waals surface area contributed by atoms with E-state index in [2.05, 4.69) is 43.5 Å². The predicted octanol–water partition coefficient (Wildman–Crippen LogP) is 4.19. The molecule has 0 aromatic heterocycles. The zero-order valence-electron chi connectivity index (χ0n) is 12.9. The van der Waals surface area contributed by atoms with E-state index >= 15 is 0 Å². The summed E-state index contributed by atoms with van der Waals surface area (Å²) in [7, 11) is 0. The number of nitrogens with one attached hydrogen (secondary N) is 2. The quantitative estimate of drug-likeness (QED) is 0.867. The summed E-state index contributed by atoms with van der Waals surface area (Å²) in [5.41, 5.74) is 5.62. The lowest BCUT2D eigenvalue weighted by Gasteiger charge is -2.11. The summed E-state index contributed by atoms with van der Waals surface area (Å²) in [6.07, 6.45) is 0.896. The molecule has 2 aromatic carbocycles. The molecule has 2 N–H and O–H groups in total. The van der Waals surface area contributed by atoms with Crippen molar-refractivity contribution in [1.82, 2.24) is 5.32 Å². The van der Waals surface area contributed by atoms with Gasteiger partial charge in [0.25, 0.3) is 0 Å². The molecule has 0 heterocycles. The van der Waals surface area contributed by atoms with E-state index in [1.54, 1.807) is 0 Å². The number of carbonyl (C=O) groups is 1. The second-order valence-electron chi connectivity index (χ2n) is 5.24. The average molecular weight is 282 g/mol. The van der Waals surface area contributed by atoms with Gasteiger partial charge < -0.3 is 10.6 Å². The van der Waals surface area contributed by atoms with Gasteiger partial charge in [-0.05, 0) is 48.6 Å². The lowest BCUT2D eigenvalue weighted by atomic mass is 10.1. The van der Waals surface area contributed by atoms with Gasteiger partial charge in [-0.1, -0.05) is 43.3 Å². The summed E-state index contributed by atoms with van der Waals surface area (Å²) in [5.74, 6) is 0. The summed E-state index contributed by atoms with van der Waals surface area (Å²) in [5, 5.41) is 5.80. The Bertz CT molecular complexity index is 635. The minimum Gasteiger partial charge on any atom is -0.334 e. The van der Waals surface area contributed by atoms with Crippen LogP contribution >= 0.6 is 0 Å². The Kier molecular flexibility index (Phi) is 4.99. The molecule has 21 heavy (non-hydrogen) atoms. The molecule has 0 saturated carbocycles. The molecular weight excluding hydrogens is 260 g/mol. The third-order valence-electron chi connectivity index (χ3n) is 3.67. The summed E-state index contributed by atoms with van der Waals surface area (Å²) in [6, 6.07) is 13.9. The molecular formula is C18H22N2O. The first-order chi connectivity index (χ1) is 10.1. The monoisotopic (exact) mass is 282 g/mol. The number of urea groups is 1. The average Bonchev–Trinajstić information content (AvgIpc) is 2.49. The molecule has 2 aromatic rings. The molecule has 2 amide bonds. The highest BCUT2D eigenvalue weighted by atomic mass is 16.2. The first-order valence-electron chi connectivity index (χ1n) is 7.29. The van der Waals surface area contributed by atoms with Gasteiger partial charge in [0.1, 0.15) is 0 Å². The van der Waals surface area contributed by atoms with Gasteiger partial charge in [0, 0.05) is 12.2 Å². The van der Waals surface area contributed by atoms with Crippen molar-refractivity contribution in [3.63, 3.8) is 0 Å². The Morgan fingerprint density at radius 3 is 2.52 bits per heavy atom. The maximum absolute atomic E-state index is 12.0. The molecule has 0 aliphatic carbocycles. The summed E-state index contributed by atoms with van der Waals surface area (Å²) in [6.45, 7) is 6.77. The second kappa shape index (κ2) is 6.93. The molecule has 0 fully saturated rings. The van der Waals surface area contributed by atoms with Crippen molar-refractivity contribution in [3.8, 4) is 0 Å². The van der Waals surface area contributed by atoms with Crippen LogP contribution in [0, 0.1) is 13.8 Å². The van der Waals surface area contributed by atoms with E-state index in [1.807, 2.05) is 30.3 Å². The van der Waals surface area contributed by atoms with Gasteiger partial charge in [-0.2, -0.15) is 0 Å². The van der Waals surface area contributed by atoms with Crippen LogP contribution in [-0.2, 0) is 13.0 Å². The third-order valence-corrected chi connectivity index (χ3v) is 3.67. The van der Waals surface area contributed by atoms with E-state index < -0.39 is 0 Å². The normalized spacial score (nSPS) is 10.2. The van der Waals surface area contributed by atoms with Crippen LogP contribution in [0.3, 0.4) is 0 Å². The molecule has 0 atom stereocenters. The van der Waals surface area contributed by atoms with Crippen molar-refractivity contribution in [1.29, 1.82) is 0 Å². The van der Waals surface area contributed by atoms with Crippen LogP contribution in [-0.4, -0.2) is 6.03 Å². The molecule has 110 valence electrons. The largest absolute Gasteiger partial charge is 0.334 e. The van der Waals surface area contributed by atoms with Crippen LogP contribution in [0.2, 0.25) is 0 Å². The van der Waals surface area contributed by atoms with E-state index in [0.29, 0.717) is 6.54 Å². The van der Waals surface area contributed by atoms with Gasteiger partial charge in [0.2, 0.25) is 0 Å². The van der Waals surface area contributed by atoms with Gasteiger partial charge in [0.15, 0.2) is 0 Å². The first-order valence-corrected chi connectivity index (χ1v) is 7.29. The SMILES string of the molecule is CCc1ccccc1NC(=O)NCc1ccc(C)c(C)c1. The molecule has 3 heteroatoms. The Balaban J connectivity index is 1.94. The fourth-order valence-corrected chi connectivity index (χ4v) is 2.21. The van der Waals surface area contributed by atoms with Crippen LogP contribution in [0.1, 0.15) is 29.2 Å². The Labute approximate surface area is 126 Å². The number of carbonyl (C=O) groups excluding carboxylic acids is 1. The van der Waals surface area contributed by atoms with Crippen LogP contribution < -0.4 is 10.6 Å². The molecule has 0 aliphatic rings. The maximum Gasteiger partial charge on any atom is 0.319 e. The van der Waals surface area contributed by atoms with Gasteiger partial charge in [0.05, 0.1) is 0 Å². The highest BCUT2D eigenvalue weighted by Gasteiger charge is 2.05. The molecule has 0 unspecified atom stereocenters. The summed E-state index contributed by atoms with van der Waals surface area (Å²) in [4.78, 5) is 12.0. The fourth-order valence-electron chi connectivity index (χ4n) is 2.21. The molecule has 0 bridgehead atoms. The lowest BCUT2D eigenvalue weighted by Crippen LogP contribution is -2.28. The highest BCUT2D eigenvalue weighted by molar-refractivity contribution is 5.90. The number of anilines is 1. The van der Waals surface area contributed by atoms with E-state index in [1.165, 1.54) is 11.1 Å². The molecule has 0 radical (unpaired) electrons. The smallest absolute Gasteiger partial charge is 0.319 e. The molecule has 2 rings (SSSR count). The van der Waals surface area contributed by atoms with E-state index in [4.69, 9.17) is 0 Å². The van der Waals surface area contributed by atoms with Crippen molar-refractivity contribution in [2.75, 3.05) is 5.32 Å². The second-order valence-corrected chi connectivity index (χ2v) is 5.24. The molecule has 0 aliphatic heterocycles.